The highest BCUT2D eigenvalue weighted by Crippen LogP contribution is 2.35. The van der Waals surface area contributed by atoms with Crippen molar-refractivity contribution < 1.29 is 13.2 Å². The summed E-state index contributed by atoms with van der Waals surface area (Å²) >= 11 is 0. The summed E-state index contributed by atoms with van der Waals surface area (Å²) in [5.74, 6) is 0.410. The maximum atomic E-state index is 13.2. The fourth-order valence-corrected chi connectivity index (χ4v) is 3.01. The summed E-state index contributed by atoms with van der Waals surface area (Å²) in [6.45, 7) is 0.503. The smallest absolute Gasteiger partial charge is 0.292 e. The summed E-state index contributed by atoms with van der Waals surface area (Å²) in [5, 5.41) is 0.348. The van der Waals surface area contributed by atoms with Crippen LogP contribution in [0.1, 0.15) is 18.4 Å². The van der Waals surface area contributed by atoms with Crippen LogP contribution in [0.4, 0.5) is 13.2 Å². The lowest BCUT2D eigenvalue weighted by Crippen LogP contribution is -2.25. The van der Waals surface area contributed by atoms with Crippen molar-refractivity contribution in [2.24, 2.45) is 5.92 Å². The summed E-state index contributed by atoms with van der Waals surface area (Å²) in [4.78, 5) is 16.6. The van der Waals surface area contributed by atoms with Crippen LogP contribution in [-0.4, -0.2) is 9.55 Å². The molecule has 3 aromatic rings. The van der Waals surface area contributed by atoms with Gasteiger partial charge in [-0.2, -0.15) is 18.2 Å². The zero-order valence-corrected chi connectivity index (χ0v) is 13.3. The second kappa shape index (κ2) is 5.72. The van der Waals surface area contributed by atoms with Crippen molar-refractivity contribution in [3.05, 3.63) is 64.6 Å². The fraction of sp³-hybridized carbons (Fsp3) is 0.263. The monoisotopic (exact) mass is 344 g/mol. The first-order valence-corrected chi connectivity index (χ1v) is 8.11. The SMILES string of the molecule is O=c1nc(-c2ccccc2)c2cc(C(F)(F)F)ccc2n1CC1CC1. The molecule has 1 fully saturated rings. The van der Waals surface area contributed by atoms with Crippen molar-refractivity contribution in [2.45, 2.75) is 25.6 Å². The van der Waals surface area contributed by atoms with Crippen molar-refractivity contribution in [2.75, 3.05) is 0 Å². The van der Waals surface area contributed by atoms with Gasteiger partial charge in [-0.3, -0.25) is 4.57 Å². The van der Waals surface area contributed by atoms with Gasteiger partial charge in [0, 0.05) is 17.5 Å². The average molecular weight is 344 g/mol. The molecule has 3 nitrogen and oxygen atoms in total. The topological polar surface area (TPSA) is 34.9 Å². The van der Waals surface area contributed by atoms with Crippen LogP contribution in [0.15, 0.2) is 53.3 Å². The number of alkyl halides is 3. The van der Waals surface area contributed by atoms with Gasteiger partial charge in [-0.15, -0.1) is 0 Å². The van der Waals surface area contributed by atoms with Crippen molar-refractivity contribution in [3.63, 3.8) is 0 Å². The van der Waals surface area contributed by atoms with E-state index in [9.17, 15) is 18.0 Å². The van der Waals surface area contributed by atoms with Gasteiger partial charge in [-0.25, -0.2) is 4.79 Å². The lowest BCUT2D eigenvalue weighted by molar-refractivity contribution is -0.137. The van der Waals surface area contributed by atoms with Crippen LogP contribution in [-0.2, 0) is 12.7 Å². The molecular weight excluding hydrogens is 329 g/mol. The normalized spacial score (nSPS) is 14.8. The third-order valence-electron chi connectivity index (χ3n) is 4.49. The highest BCUT2D eigenvalue weighted by molar-refractivity contribution is 5.93. The largest absolute Gasteiger partial charge is 0.416 e. The van der Waals surface area contributed by atoms with E-state index in [1.165, 1.54) is 10.6 Å². The van der Waals surface area contributed by atoms with E-state index < -0.39 is 17.4 Å². The van der Waals surface area contributed by atoms with Gasteiger partial charge in [0.1, 0.15) is 0 Å². The first-order valence-electron chi connectivity index (χ1n) is 8.11. The Bertz CT molecular complexity index is 989. The first kappa shape index (κ1) is 15.9. The van der Waals surface area contributed by atoms with Crippen LogP contribution in [0, 0.1) is 5.92 Å². The van der Waals surface area contributed by atoms with E-state index in [4.69, 9.17) is 0 Å². The molecule has 6 heteroatoms. The quantitative estimate of drug-likeness (QED) is 0.701. The molecule has 1 saturated carbocycles. The highest BCUT2D eigenvalue weighted by Gasteiger charge is 2.31. The van der Waals surface area contributed by atoms with E-state index in [0.717, 1.165) is 25.0 Å². The molecule has 0 spiro atoms. The predicted molar refractivity (Wildman–Crippen MR) is 89.2 cm³/mol. The Labute approximate surface area is 141 Å². The molecule has 0 aliphatic heterocycles. The summed E-state index contributed by atoms with van der Waals surface area (Å²) in [5.41, 5.74) is 0.258. The first-order chi connectivity index (χ1) is 11.9. The number of hydrogen-bond acceptors (Lipinski definition) is 2. The van der Waals surface area contributed by atoms with E-state index in [1.54, 1.807) is 30.3 Å². The fourth-order valence-electron chi connectivity index (χ4n) is 3.01. The lowest BCUT2D eigenvalue weighted by atomic mass is 10.0. The van der Waals surface area contributed by atoms with Crippen molar-refractivity contribution in [1.29, 1.82) is 0 Å². The molecule has 0 N–H and O–H groups in total. The number of hydrogen-bond donors (Lipinski definition) is 0. The summed E-state index contributed by atoms with van der Waals surface area (Å²) in [7, 11) is 0. The van der Waals surface area contributed by atoms with Crippen LogP contribution >= 0.6 is 0 Å². The molecule has 128 valence electrons. The molecule has 0 atom stereocenters. The van der Waals surface area contributed by atoms with Gasteiger partial charge in [0.05, 0.1) is 16.8 Å². The molecule has 1 aliphatic carbocycles. The molecule has 0 radical (unpaired) electrons. The lowest BCUT2D eigenvalue weighted by Gasteiger charge is -2.15. The van der Waals surface area contributed by atoms with Crippen molar-refractivity contribution >= 4 is 10.9 Å². The Morgan fingerprint density at radius 1 is 1.08 bits per heavy atom. The molecule has 1 aromatic heterocycles. The Hall–Kier alpha value is -2.63. The van der Waals surface area contributed by atoms with E-state index in [-0.39, 0.29) is 0 Å². The Morgan fingerprint density at radius 3 is 2.44 bits per heavy atom. The van der Waals surface area contributed by atoms with E-state index in [1.807, 2.05) is 0 Å². The average Bonchev–Trinajstić information content (AvgIpc) is 3.41. The number of nitrogens with zero attached hydrogens (tertiary/aromatic N) is 2. The summed E-state index contributed by atoms with van der Waals surface area (Å²) in [6.07, 6.45) is -2.37. The van der Waals surface area contributed by atoms with Crippen molar-refractivity contribution in [3.8, 4) is 11.3 Å². The molecule has 1 heterocycles. The predicted octanol–water partition coefficient (Wildman–Crippen LogP) is 4.49. The van der Waals surface area contributed by atoms with Crippen LogP contribution < -0.4 is 5.69 Å². The minimum Gasteiger partial charge on any atom is -0.292 e. The van der Waals surface area contributed by atoms with Gasteiger partial charge < -0.3 is 0 Å². The van der Waals surface area contributed by atoms with E-state index in [2.05, 4.69) is 4.98 Å². The molecule has 0 saturated heterocycles. The van der Waals surface area contributed by atoms with Crippen LogP contribution in [0.5, 0.6) is 0 Å². The van der Waals surface area contributed by atoms with Crippen LogP contribution in [0.3, 0.4) is 0 Å². The number of aromatic nitrogens is 2. The molecule has 0 amide bonds. The molecule has 25 heavy (non-hydrogen) atoms. The highest BCUT2D eigenvalue weighted by atomic mass is 19.4. The molecule has 2 aromatic carbocycles. The molecule has 4 rings (SSSR count). The zero-order valence-electron chi connectivity index (χ0n) is 13.3. The van der Waals surface area contributed by atoms with E-state index >= 15 is 0 Å². The maximum Gasteiger partial charge on any atom is 0.416 e. The number of fused-ring (bicyclic) bond motifs is 1. The number of halogens is 3. The summed E-state index contributed by atoms with van der Waals surface area (Å²) in [6, 6.07) is 12.3. The Morgan fingerprint density at radius 2 is 1.80 bits per heavy atom. The minimum atomic E-state index is -4.44. The van der Waals surface area contributed by atoms with Crippen molar-refractivity contribution in [1.82, 2.24) is 9.55 Å². The molecule has 0 unspecified atom stereocenters. The van der Waals surface area contributed by atoms with Gasteiger partial charge in [-0.1, -0.05) is 30.3 Å². The maximum absolute atomic E-state index is 13.2. The van der Waals surface area contributed by atoms with Gasteiger partial charge >= 0.3 is 11.9 Å². The minimum absolute atomic E-state index is 0.291. The number of rotatable bonds is 3. The zero-order chi connectivity index (χ0) is 17.6. The molecular formula is C19H15F3N2O. The molecule has 1 aliphatic rings. The second-order valence-electron chi connectivity index (χ2n) is 6.39. The van der Waals surface area contributed by atoms with Gasteiger partial charge in [0.15, 0.2) is 0 Å². The third-order valence-corrected chi connectivity index (χ3v) is 4.49. The standard InChI is InChI=1S/C19H15F3N2O/c20-19(21,22)14-8-9-16-15(10-14)17(13-4-2-1-3-5-13)23-18(25)24(16)11-12-6-7-12/h1-5,8-10,12H,6-7,11H2. The second-order valence-corrected chi connectivity index (χ2v) is 6.39. The van der Waals surface area contributed by atoms with Crippen LogP contribution in [0.25, 0.3) is 22.2 Å². The van der Waals surface area contributed by atoms with Gasteiger partial charge in [-0.05, 0) is 37.0 Å². The molecule has 0 bridgehead atoms. The van der Waals surface area contributed by atoms with Gasteiger partial charge in [0.25, 0.3) is 0 Å². The third kappa shape index (κ3) is 3.04. The van der Waals surface area contributed by atoms with E-state index in [0.29, 0.717) is 34.6 Å². The number of benzene rings is 2. The van der Waals surface area contributed by atoms with Crippen LogP contribution in [0.2, 0.25) is 0 Å². The van der Waals surface area contributed by atoms with Gasteiger partial charge in [0.2, 0.25) is 0 Å². The Balaban J connectivity index is 2.01. The Kier molecular flexibility index (Phi) is 3.63. The summed E-state index contributed by atoms with van der Waals surface area (Å²) < 4.78 is 41.0.